The summed E-state index contributed by atoms with van der Waals surface area (Å²) in [5, 5.41) is 6.33. The number of pyridine rings is 1. The molecule has 1 aromatic carbocycles. The molecule has 0 fully saturated rings. The zero-order chi connectivity index (χ0) is 14.4. The summed E-state index contributed by atoms with van der Waals surface area (Å²) in [7, 11) is 0. The van der Waals surface area contributed by atoms with Crippen molar-refractivity contribution in [3.8, 4) is 0 Å². The number of hydrogen-bond donors (Lipinski definition) is 1. The largest absolute Gasteiger partial charge is 0.310 e. The normalized spacial score (nSPS) is 13.0. The lowest BCUT2D eigenvalue weighted by molar-refractivity contribution is 0.343. The maximum absolute atomic E-state index is 4.24. The second-order valence-electron chi connectivity index (χ2n) is 5.45. The molecule has 0 aliphatic rings. The van der Waals surface area contributed by atoms with Crippen LogP contribution in [0.1, 0.15) is 51.6 Å². The van der Waals surface area contributed by atoms with Crippen molar-refractivity contribution in [3.05, 3.63) is 42.2 Å². The van der Waals surface area contributed by atoms with Crippen molar-refractivity contribution in [3.63, 3.8) is 0 Å². The molecule has 0 aliphatic carbocycles. The van der Waals surface area contributed by atoms with Crippen molar-refractivity contribution in [2.75, 3.05) is 6.54 Å². The molecule has 0 aliphatic heterocycles. The Hall–Kier alpha value is -1.41. The highest BCUT2D eigenvalue weighted by molar-refractivity contribution is 5.85. The molecule has 108 valence electrons. The monoisotopic (exact) mass is 270 g/mol. The predicted octanol–water partition coefficient (Wildman–Crippen LogP) is 4.71. The molecule has 0 radical (unpaired) electrons. The van der Waals surface area contributed by atoms with E-state index >= 15 is 0 Å². The molecule has 2 aromatic rings. The van der Waals surface area contributed by atoms with Gasteiger partial charge in [-0.3, -0.25) is 4.98 Å². The third kappa shape index (κ3) is 3.18. The van der Waals surface area contributed by atoms with Crippen molar-refractivity contribution in [2.24, 2.45) is 5.92 Å². The van der Waals surface area contributed by atoms with Crippen molar-refractivity contribution in [2.45, 2.75) is 46.1 Å². The summed E-state index contributed by atoms with van der Waals surface area (Å²) in [6, 6.07) is 9.16. The lowest BCUT2D eigenvalue weighted by Crippen LogP contribution is -2.28. The van der Waals surface area contributed by atoms with E-state index in [1.807, 2.05) is 12.4 Å². The predicted molar refractivity (Wildman–Crippen MR) is 86.8 cm³/mol. The molecule has 1 unspecified atom stereocenters. The molecule has 0 spiro atoms. The second kappa shape index (κ2) is 7.39. The summed E-state index contributed by atoms with van der Waals surface area (Å²) >= 11 is 0. The minimum absolute atomic E-state index is 0.441. The van der Waals surface area contributed by atoms with Crippen molar-refractivity contribution in [1.29, 1.82) is 0 Å². The standard InChI is InChI=1S/C18H26N2/c1-4-11-20-18(14(5-2)6-3)17-9-7-8-15-13-19-12-10-16(15)17/h7-10,12-14,18,20H,4-6,11H2,1-3H3. The molecular weight excluding hydrogens is 244 g/mol. The van der Waals surface area contributed by atoms with Crippen LogP contribution < -0.4 is 5.32 Å². The molecule has 0 saturated carbocycles. The maximum atomic E-state index is 4.24. The summed E-state index contributed by atoms with van der Waals surface area (Å²) in [5.41, 5.74) is 1.42. The second-order valence-corrected chi connectivity index (χ2v) is 5.45. The molecule has 0 amide bonds. The molecule has 0 saturated heterocycles. The topological polar surface area (TPSA) is 24.9 Å². The maximum Gasteiger partial charge on any atom is 0.0354 e. The molecule has 1 heterocycles. The molecular formula is C18H26N2. The Bertz CT molecular complexity index is 526. The lowest BCUT2D eigenvalue weighted by atomic mass is 9.86. The van der Waals surface area contributed by atoms with E-state index in [1.165, 1.54) is 35.6 Å². The van der Waals surface area contributed by atoms with Gasteiger partial charge < -0.3 is 5.32 Å². The Morgan fingerprint density at radius 1 is 1.10 bits per heavy atom. The number of aromatic nitrogens is 1. The van der Waals surface area contributed by atoms with E-state index in [9.17, 15) is 0 Å². The Balaban J connectivity index is 2.44. The van der Waals surface area contributed by atoms with Gasteiger partial charge in [0.05, 0.1) is 0 Å². The third-order valence-electron chi connectivity index (χ3n) is 4.18. The van der Waals surface area contributed by atoms with Gasteiger partial charge in [0.25, 0.3) is 0 Å². The number of nitrogens with one attached hydrogen (secondary N) is 1. The van der Waals surface area contributed by atoms with E-state index in [2.05, 4.69) is 55.3 Å². The van der Waals surface area contributed by atoms with Crippen molar-refractivity contribution in [1.82, 2.24) is 10.3 Å². The molecule has 2 nitrogen and oxygen atoms in total. The molecule has 1 aromatic heterocycles. The van der Waals surface area contributed by atoms with Gasteiger partial charge in [-0.05, 0) is 35.9 Å². The van der Waals surface area contributed by atoms with Crippen LogP contribution in [0.15, 0.2) is 36.7 Å². The van der Waals surface area contributed by atoms with Crippen LogP contribution >= 0.6 is 0 Å². The summed E-state index contributed by atoms with van der Waals surface area (Å²) in [5.74, 6) is 0.681. The minimum Gasteiger partial charge on any atom is -0.310 e. The first-order chi connectivity index (χ1) is 9.81. The quantitative estimate of drug-likeness (QED) is 0.788. The zero-order valence-electron chi connectivity index (χ0n) is 12.9. The molecule has 1 N–H and O–H groups in total. The molecule has 20 heavy (non-hydrogen) atoms. The Morgan fingerprint density at radius 3 is 2.60 bits per heavy atom. The molecule has 2 heteroatoms. The summed E-state index contributed by atoms with van der Waals surface area (Å²) in [4.78, 5) is 4.24. The zero-order valence-corrected chi connectivity index (χ0v) is 12.9. The number of nitrogens with zero attached hydrogens (tertiary/aromatic N) is 1. The van der Waals surface area contributed by atoms with Crippen LogP contribution in [0.5, 0.6) is 0 Å². The average Bonchev–Trinajstić information content (AvgIpc) is 2.51. The van der Waals surface area contributed by atoms with Gasteiger partial charge in [0.1, 0.15) is 0 Å². The van der Waals surface area contributed by atoms with E-state index < -0.39 is 0 Å². The first-order valence-corrected chi connectivity index (χ1v) is 7.87. The van der Waals surface area contributed by atoms with Crippen LogP contribution in [0.25, 0.3) is 10.8 Å². The fourth-order valence-corrected chi connectivity index (χ4v) is 3.01. The smallest absolute Gasteiger partial charge is 0.0354 e. The molecule has 2 rings (SSSR count). The van der Waals surface area contributed by atoms with Crippen LogP contribution in [0.4, 0.5) is 0 Å². The van der Waals surface area contributed by atoms with Crippen LogP contribution in [0.2, 0.25) is 0 Å². The Kier molecular flexibility index (Phi) is 5.54. The van der Waals surface area contributed by atoms with Crippen LogP contribution in [0, 0.1) is 5.92 Å². The van der Waals surface area contributed by atoms with Gasteiger partial charge in [-0.15, -0.1) is 0 Å². The molecule has 0 bridgehead atoms. The fourth-order valence-electron chi connectivity index (χ4n) is 3.01. The van der Waals surface area contributed by atoms with Gasteiger partial charge >= 0.3 is 0 Å². The van der Waals surface area contributed by atoms with Crippen molar-refractivity contribution < 1.29 is 0 Å². The van der Waals surface area contributed by atoms with Gasteiger partial charge in [0.2, 0.25) is 0 Å². The number of benzene rings is 1. The van der Waals surface area contributed by atoms with E-state index in [4.69, 9.17) is 0 Å². The van der Waals surface area contributed by atoms with E-state index in [0.717, 1.165) is 6.54 Å². The van der Waals surface area contributed by atoms with E-state index in [-0.39, 0.29) is 0 Å². The third-order valence-corrected chi connectivity index (χ3v) is 4.18. The van der Waals surface area contributed by atoms with Gasteiger partial charge in [-0.25, -0.2) is 0 Å². The fraction of sp³-hybridized carbons (Fsp3) is 0.500. The highest BCUT2D eigenvalue weighted by Crippen LogP contribution is 2.32. The summed E-state index contributed by atoms with van der Waals surface area (Å²) < 4.78 is 0. The van der Waals surface area contributed by atoms with Gasteiger partial charge in [0, 0.05) is 23.8 Å². The summed E-state index contributed by atoms with van der Waals surface area (Å²) in [6.45, 7) is 7.88. The van der Waals surface area contributed by atoms with Crippen LogP contribution in [0.3, 0.4) is 0 Å². The minimum atomic E-state index is 0.441. The Morgan fingerprint density at radius 2 is 1.90 bits per heavy atom. The highest BCUT2D eigenvalue weighted by Gasteiger charge is 2.21. The number of hydrogen-bond acceptors (Lipinski definition) is 2. The first-order valence-electron chi connectivity index (χ1n) is 7.87. The first kappa shape index (κ1) is 15.0. The van der Waals surface area contributed by atoms with Crippen molar-refractivity contribution >= 4 is 10.8 Å². The summed E-state index contributed by atoms with van der Waals surface area (Å²) in [6.07, 6.45) is 7.44. The Labute approximate surface area is 122 Å². The average molecular weight is 270 g/mol. The number of rotatable bonds is 7. The number of fused-ring (bicyclic) bond motifs is 1. The SMILES string of the molecule is CCCNC(c1cccc2cnccc12)C(CC)CC. The van der Waals surface area contributed by atoms with Crippen LogP contribution in [-0.2, 0) is 0 Å². The van der Waals surface area contributed by atoms with Gasteiger partial charge in [0.15, 0.2) is 0 Å². The highest BCUT2D eigenvalue weighted by atomic mass is 14.9. The lowest BCUT2D eigenvalue weighted by Gasteiger charge is -2.28. The van der Waals surface area contributed by atoms with Gasteiger partial charge in [-0.2, -0.15) is 0 Å². The molecule has 1 atom stereocenters. The van der Waals surface area contributed by atoms with Crippen LogP contribution in [-0.4, -0.2) is 11.5 Å². The van der Waals surface area contributed by atoms with E-state index in [1.54, 1.807) is 0 Å². The van der Waals surface area contributed by atoms with E-state index in [0.29, 0.717) is 12.0 Å². The van der Waals surface area contributed by atoms with Gasteiger partial charge in [-0.1, -0.05) is 51.8 Å².